The minimum atomic E-state index is -1.68. The zero-order chi connectivity index (χ0) is 22.0. The number of β-amino-alcohol motifs (C(OH)–C–C–N with tert-alkyl or cyclic N) is 1. The van der Waals surface area contributed by atoms with Gasteiger partial charge in [0, 0.05) is 29.6 Å². The number of alkyl halides is 3. The minimum Gasteiger partial charge on any atom is -0.445 e. The van der Waals surface area contributed by atoms with Gasteiger partial charge in [-0.25, -0.2) is 4.79 Å². The number of nitrogens with zero attached hydrogens (tertiary/aromatic N) is 1. The van der Waals surface area contributed by atoms with Crippen molar-refractivity contribution in [1.29, 1.82) is 0 Å². The molecule has 1 amide bonds. The SMILES string of the molecule is CC[C@@]1(O)CN(C(=O)OCC(Cl)(Cl)Cl)C2C[C@@]3(CNc4ccccc43)C3CC1C2CO3. The third kappa shape index (κ3) is 3.50. The molecule has 4 aliphatic heterocycles. The maximum atomic E-state index is 13.1. The van der Waals surface area contributed by atoms with Gasteiger partial charge in [0.05, 0.1) is 24.9 Å². The van der Waals surface area contributed by atoms with Crippen LogP contribution < -0.4 is 5.32 Å². The van der Waals surface area contributed by atoms with Gasteiger partial charge in [-0.05, 0) is 36.8 Å². The van der Waals surface area contributed by atoms with Crippen molar-refractivity contribution in [2.75, 3.05) is 31.6 Å². The van der Waals surface area contributed by atoms with Gasteiger partial charge in [0.15, 0.2) is 0 Å². The standard InChI is InChI=1S/C22H27Cl3N2O4/c1-2-21(29)11-27(19(28)31-12-22(23,24)25)17-8-20(18-7-15(21)13(17)9-30-18)10-26-16-6-4-3-5-14(16)20/h3-6,13,15,17-18,26,29H,2,7-12H2,1H3/t13?,15?,17?,18?,20-,21+/m0/s1. The predicted octanol–water partition coefficient (Wildman–Crippen LogP) is 4.11. The fourth-order valence-corrected chi connectivity index (χ4v) is 6.58. The van der Waals surface area contributed by atoms with Crippen molar-refractivity contribution in [2.45, 2.75) is 53.1 Å². The molecule has 6 rings (SSSR count). The first-order valence-corrected chi connectivity index (χ1v) is 12.0. The molecule has 1 aromatic rings. The molecule has 2 N–H and O–H groups in total. The summed E-state index contributed by atoms with van der Waals surface area (Å²) in [7, 11) is 0. The molecule has 1 saturated carbocycles. The molecule has 1 aromatic carbocycles. The summed E-state index contributed by atoms with van der Waals surface area (Å²) in [6.07, 6.45) is 1.49. The van der Waals surface area contributed by atoms with Crippen molar-refractivity contribution < 1.29 is 19.4 Å². The summed E-state index contributed by atoms with van der Waals surface area (Å²) < 4.78 is 10.1. The number of para-hydroxylation sites is 1. The van der Waals surface area contributed by atoms with Crippen LogP contribution in [0.15, 0.2) is 24.3 Å². The van der Waals surface area contributed by atoms with Gasteiger partial charge in [-0.15, -0.1) is 0 Å². The van der Waals surface area contributed by atoms with Crippen LogP contribution in [0.1, 0.15) is 31.7 Å². The number of hydrogen-bond donors (Lipinski definition) is 2. The number of rotatable bonds is 2. The van der Waals surface area contributed by atoms with E-state index in [1.165, 1.54) is 5.56 Å². The molecule has 4 unspecified atom stereocenters. The molecular formula is C22H27Cl3N2O4. The van der Waals surface area contributed by atoms with Crippen LogP contribution in [0.25, 0.3) is 0 Å². The largest absolute Gasteiger partial charge is 0.445 e. The third-order valence-electron chi connectivity index (χ3n) is 7.96. The normalized spacial score (nSPS) is 38.5. The molecule has 5 aliphatic rings. The number of benzene rings is 1. The van der Waals surface area contributed by atoms with E-state index < -0.39 is 15.5 Å². The minimum absolute atomic E-state index is 0.0230. The lowest BCUT2D eigenvalue weighted by molar-refractivity contribution is -0.169. The molecule has 0 radical (unpaired) electrons. The van der Waals surface area contributed by atoms with Crippen LogP contribution in [-0.2, 0) is 14.9 Å². The summed E-state index contributed by atoms with van der Waals surface area (Å²) in [6, 6.07) is 8.18. The molecule has 4 bridgehead atoms. The maximum Gasteiger partial charge on any atom is 0.410 e. The average molecular weight is 490 g/mol. The van der Waals surface area contributed by atoms with Crippen molar-refractivity contribution in [3.8, 4) is 0 Å². The van der Waals surface area contributed by atoms with Crippen LogP contribution in [0.5, 0.6) is 0 Å². The van der Waals surface area contributed by atoms with Gasteiger partial charge in [-0.2, -0.15) is 0 Å². The van der Waals surface area contributed by atoms with Gasteiger partial charge in [-0.3, -0.25) is 0 Å². The topological polar surface area (TPSA) is 71.0 Å². The Kier molecular flexibility index (Phi) is 5.34. The third-order valence-corrected chi connectivity index (χ3v) is 8.28. The lowest BCUT2D eigenvalue weighted by atomic mass is 9.68. The summed E-state index contributed by atoms with van der Waals surface area (Å²) in [6.45, 7) is 3.10. The van der Waals surface area contributed by atoms with Gasteiger partial charge in [-0.1, -0.05) is 59.9 Å². The second-order valence-electron chi connectivity index (χ2n) is 9.41. The summed E-state index contributed by atoms with van der Waals surface area (Å²) >= 11 is 17.4. The molecule has 170 valence electrons. The number of fused-ring (bicyclic) bond motifs is 2. The molecule has 4 fully saturated rings. The number of amides is 1. The van der Waals surface area contributed by atoms with E-state index >= 15 is 0 Å². The highest BCUT2D eigenvalue weighted by Crippen LogP contribution is 2.56. The lowest BCUT2D eigenvalue weighted by Gasteiger charge is -2.53. The predicted molar refractivity (Wildman–Crippen MR) is 120 cm³/mol. The first kappa shape index (κ1) is 21.9. The number of halogens is 3. The zero-order valence-electron chi connectivity index (χ0n) is 17.3. The number of piperidine rings is 1. The zero-order valence-corrected chi connectivity index (χ0v) is 19.6. The van der Waals surface area contributed by atoms with E-state index in [1.807, 2.05) is 19.1 Å². The number of nitrogens with one attached hydrogen (secondary N) is 1. The maximum absolute atomic E-state index is 13.1. The molecular weight excluding hydrogens is 463 g/mol. The Morgan fingerprint density at radius 3 is 2.90 bits per heavy atom. The first-order valence-electron chi connectivity index (χ1n) is 10.8. The van der Waals surface area contributed by atoms with Gasteiger partial charge in [0.1, 0.15) is 6.61 Å². The number of carbonyl (C=O) groups excluding carboxylic acids is 1. The monoisotopic (exact) mass is 488 g/mol. The van der Waals surface area contributed by atoms with Gasteiger partial charge in [0.25, 0.3) is 0 Å². The number of likely N-dealkylation sites (tertiary alicyclic amines) is 1. The van der Waals surface area contributed by atoms with Crippen molar-refractivity contribution >= 4 is 46.6 Å². The highest BCUT2D eigenvalue weighted by Gasteiger charge is 2.63. The summed E-state index contributed by atoms with van der Waals surface area (Å²) in [4.78, 5) is 14.8. The molecule has 4 heterocycles. The van der Waals surface area contributed by atoms with Crippen LogP contribution >= 0.6 is 34.8 Å². The Hall–Kier alpha value is -0.920. The first-order chi connectivity index (χ1) is 14.7. The molecule has 0 aromatic heterocycles. The van der Waals surface area contributed by atoms with Crippen molar-refractivity contribution in [3.05, 3.63) is 29.8 Å². The number of ether oxygens (including phenoxy) is 2. The summed E-state index contributed by atoms with van der Waals surface area (Å²) in [5.74, 6) is 0.0907. The molecule has 1 spiro atoms. The van der Waals surface area contributed by atoms with Crippen LogP contribution in [0, 0.1) is 11.8 Å². The Morgan fingerprint density at radius 1 is 1.39 bits per heavy atom. The Balaban J connectivity index is 1.54. The fraction of sp³-hybridized carbons (Fsp3) is 0.682. The number of hydrogen-bond acceptors (Lipinski definition) is 5. The van der Waals surface area contributed by atoms with Crippen molar-refractivity contribution in [1.82, 2.24) is 4.90 Å². The summed E-state index contributed by atoms with van der Waals surface area (Å²) in [5, 5.41) is 15.2. The Bertz CT molecular complexity index is 881. The highest BCUT2D eigenvalue weighted by molar-refractivity contribution is 6.67. The Labute approximate surface area is 197 Å². The molecule has 6 atom stereocenters. The van der Waals surface area contributed by atoms with Crippen LogP contribution in [0.2, 0.25) is 0 Å². The Morgan fingerprint density at radius 2 is 2.16 bits per heavy atom. The molecule has 31 heavy (non-hydrogen) atoms. The van der Waals surface area contributed by atoms with Gasteiger partial charge >= 0.3 is 6.09 Å². The van der Waals surface area contributed by atoms with E-state index in [1.54, 1.807) is 4.90 Å². The van der Waals surface area contributed by atoms with Crippen LogP contribution in [0.4, 0.5) is 10.5 Å². The van der Waals surface area contributed by atoms with E-state index in [-0.39, 0.29) is 42.5 Å². The number of anilines is 1. The highest BCUT2D eigenvalue weighted by atomic mass is 35.6. The lowest BCUT2D eigenvalue weighted by Crippen LogP contribution is -2.65. The van der Waals surface area contributed by atoms with E-state index in [2.05, 4.69) is 17.4 Å². The van der Waals surface area contributed by atoms with Gasteiger partial charge < -0.3 is 24.8 Å². The number of aliphatic hydroxyl groups is 1. The van der Waals surface area contributed by atoms with Crippen molar-refractivity contribution in [3.63, 3.8) is 0 Å². The smallest absolute Gasteiger partial charge is 0.410 e. The average Bonchev–Trinajstić information content (AvgIpc) is 2.98. The van der Waals surface area contributed by atoms with Crippen molar-refractivity contribution in [2.24, 2.45) is 11.8 Å². The number of carbonyl (C=O) groups is 1. The second kappa shape index (κ2) is 7.56. The summed E-state index contributed by atoms with van der Waals surface area (Å²) in [5.41, 5.74) is 1.07. The van der Waals surface area contributed by atoms with E-state index in [4.69, 9.17) is 44.3 Å². The quantitative estimate of drug-likeness (QED) is 0.612. The van der Waals surface area contributed by atoms with E-state index in [0.717, 1.165) is 25.1 Å². The molecule has 1 aliphatic carbocycles. The molecule has 6 nitrogen and oxygen atoms in total. The van der Waals surface area contributed by atoms with Crippen LogP contribution in [0.3, 0.4) is 0 Å². The van der Waals surface area contributed by atoms with E-state index in [0.29, 0.717) is 13.0 Å². The second-order valence-corrected chi connectivity index (χ2v) is 11.9. The molecule has 9 heteroatoms. The van der Waals surface area contributed by atoms with Gasteiger partial charge in [0.2, 0.25) is 3.79 Å². The fourth-order valence-electron chi connectivity index (χ4n) is 6.42. The molecule has 3 saturated heterocycles. The van der Waals surface area contributed by atoms with E-state index in [9.17, 15) is 9.90 Å². The van der Waals surface area contributed by atoms with Crippen LogP contribution in [-0.4, -0.2) is 63.9 Å².